The molecule has 0 radical (unpaired) electrons. The van der Waals surface area contributed by atoms with E-state index in [9.17, 15) is 14.7 Å². The Hall–Kier alpha value is -1.06. The number of hydrogen-bond donors (Lipinski definition) is 2. The number of hydrogen-bond acceptors (Lipinski definition) is 2. The van der Waals surface area contributed by atoms with Crippen molar-refractivity contribution >= 4 is 11.9 Å². The van der Waals surface area contributed by atoms with Gasteiger partial charge in [-0.15, -0.1) is 0 Å². The van der Waals surface area contributed by atoms with Gasteiger partial charge in [0.15, 0.2) is 0 Å². The van der Waals surface area contributed by atoms with Gasteiger partial charge in [-0.2, -0.15) is 0 Å². The summed E-state index contributed by atoms with van der Waals surface area (Å²) in [7, 11) is 0. The number of rotatable bonds is 10. The maximum absolute atomic E-state index is 11.9. The minimum absolute atomic E-state index is 0.00564. The van der Waals surface area contributed by atoms with Crippen LogP contribution in [0.2, 0.25) is 0 Å². The van der Waals surface area contributed by atoms with Crippen LogP contribution in [0.15, 0.2) is 0 Å². The summed E-state index contributed by atoms with van der Waals surface area (Å²) in [5.41, 5.74) is 0.0489. The molecule has 0 aliphatic heterocycles. The molecule has 2 N–H and O–H groups in total. The lowest BCUT2D eigenvalue weighted by atomic mass is 10.0. The lowest BCUT2D eigenvalue weighted by Gasteiger charge is -2.15. The van der Waals surface area contributed by atoms with E-state index in [1.54, 1.807) is 0 Å². The number of carbonyl (C=O) groups excluding carboxylic acids is 1. The highest BCUT2D eigenvalue weighted by Crippen LogP contribution is 2.51. The number of carbonyl (C=O) groups is 2. The highest BCUT2D eigenvalue weighted by atomic mass is 16.4. The van der Waals surface area contributed by atoms with Gasteiger partial charge in [-0.3, -0.25) is 4.79 Å². The minimum Gasteiger partial charge on any atom is -0.480 e. The Labute approximate surface area is 122 Å². The Morgan fingerprint density at radius 2 is 1.75 bits per heavy atom. The van der Waals surface area contributed by atoms with Crippen molar-refractivity contribution in [3.8, 4) is 0 Å². The summed E-state index contributed by atoms with van der Waals surface area (Å²) in [5.74, 6) is -1.01. The molecule has 1 fully saturated rings. The normalized spacial score (nSPS) is 21.2. The second kappa shape index (κ2) is 7.65. The van der Waals surface area contributed by atoms with Crippen LogP contribution in [0.1, 0.15) is 72.1 Å². The first-order chi connectivity index (χ1) is 9.38. The Kier molecular flexibility index (Phi) is 6.50. The van der Waals surface area contributed by atoms with Gasteiger partial charge < -0.3 is 10.4 Å². The van der Waals surface area contributed by atoms with E-state index in [1.807, 2.05) is 13.8 Å². The number of carboxylic acid groups (broad SMARTS) is 1. The van der Waals surface area contributed by atoms with Crippen LogP contribution in [0.25, 0.3) is 0 Å². The summed E-state index contributed by atoms with van der Waals surface area (Å²) in [4.78, 5) is 23.1. The molecule has 0 aromatic rings. The van der Waals surface area contributed by atoms with Crippen LogP contribution in [-0.2, 0) is 9.59 Å². The molecule has 1 amide bonds. The summed E-state index contributed by atoms with van der Waals surface area (Å²) < 4.78 is 0. The van der Waals surface area contributed by atoms with Gasteiger partial charge in [0.1, 0.15) is 6.04 Å². The first kappa shape index (κ1) is 17.0. The lowest BCUT2D eigenvalue weighted by molar-refractivity contribution is -0.142. The maximum Gasteiger partial charge on any atom is 0.326 e. The van der Waals surface area contributed by atoms with E-state index in [0.29, 0.717) is 6.42 Å². The molecule has 0 spiro atoms. The Bertz CT molecular complexity index is 339. The minimum atomic E-state index is -0.912. The van der Waals surface area contributed by atoms with Gasteiger partial charge in [0.25, 0.3) is 0 Å². The van der Waals surface area contributed by atoms with Crippen molar-refractivity contribution in [3.63, 3.8) is 0 Å². The van der Waals surface area contributed by atoms with Crippen LogP contribution >= 0.6 is 0 Å². The van der Waals surface area contributed by atoms with Crippen molar-refractivity contribution in [2.75, 3.05) is 0 Å². The Balaban J connectivity index is 2.23. The zero-order valence-corrected chi connectivity index (χ0v) is 13.1. The van der Waals surface area contributed by atoms with Crippen LogP contribution in [0.3, 0.4) is 0 Å². The predicted octanol–water partition coefficient (Wildman–Crippen LogP) is 3.35. The van der Waals surface area contributed by atoms with Crippen molar-refractivity contribution in [1.82, 2.24) is 5.32 Å². The quantitative estimate of drug-likeness (QED) is 0.604. The maximum atomic E-state index is 11.9. The average Bonchev–Trinajstić information content (AvgIpc) is 3.01. The van der Waals surface area contributed by atoms with E-state index >= 15 is 0 Å². The molecule has 0 saturated heterocycles. The van der Waals surface area contributed by atoms with Crippen molar-refractivity contribution in [2.24, 2.45) is 11.3 Å². The molecule has 1 aliphatic carbocycles. The molecule has 0 aromatic heterocycles. The van der Waals surface area contributed by atoms with Crippen LogP contribution in [0.4, 0.5) is 0 Å². The molecule has 4 nitrogen and oxygen atoms in total. The summed E-state index contributed by atoms with van der Waals surface area (Å²) in [5, 5.41) is 11.9. The molecule has 4 heteroatoms. The van der Waals surface area contributed by atoms with Gasteiger partial charge in [0.2, 0.25) is 5.91 Å². The van der Waals surface area contributed by atoms with E-state index in [2.05, 4.69) is 12.2 Å². The van der Waals surface area contributed by atoms with Gasteiger partial charge in [-0.25, -0.2) is 4.79 Å². The molecule has 0 aromatic carbocycles. The molecule has 2 unspecified atom stereocenters. The predicted molar refractivity (Wildman–Crippen MR) is 79.4 cm³/mol. The third kappa shape index (κ3) is 5.51. The third-order valence-corrected chi connectivity index (χ3v) is 4.29. The van der Waals surface area contributed by atoms with E-state index < -0.39 is 12.0 Å². The molecule has 1 aliphatic rings. The van der Waals surface area contributed by atoms with Crippen LogP contribution < -0.4 is 5.32 Å². The van der Waals surface area contributed by atoms with Gasteiger partial charge in [-0.05, 0) is 18.3 Å². The highest BCUT2D eigenvalue weighted by Gasteiger charge is 2.51. The third-order valence-electron chi connectivity index (χ3n) is 4.29. The van der Waals surface area contributed by atoms with E-state index in [4.69, 9.17) is 0 Å². The van der Waals surface area contributed by atoms with Crippen LogP contribution in [-0.4, -0.2) is 23.0 Å². The summed E-state index contributed by atoms with van der Waals surface area (Å²) in [6.07, 6.45) is 8.16. The molecule has 1 rings (SSSR count). The van der Waals surface area contributed by atoms with Gasteiger partial charge in [0, 0.05) is 5.92 Å². The van der Waals surface area contributed by atoms with Crippen molar-refractivity contribution in [2.45, 2.75) is 78.2 Å². The average molecular weight is 283 g/mol. The van der Waals surface area contributed by atoms with Crippen LogP contribution in [0, 0.1) is 11.3 Å². The number of amides is 1. The van der Waals surface area contributed by atoms with Gasteiger partial charge in [-0.1, -0.05) is 59.3 Å². The smallest absolute Gasteiger partial charge is 0.326 e. The summed E-state index contributed by atoms with van der Waals surface area (Å²) >= 11 is 0. The lowest BCUT2D eigenvalue weighted by Crippen LogP contribution is -2.42. The SMILES string of the molecule is CCCCCCCCC(NC(=O)C1CC1(C)C)C(=O)O. The molecule has 116 valence electrons. The summed E-state index contributed by atoms with van der Waals surface area (Å²) in [6.45, 7) is 6.26. The second-order valence-electron chi connectivity index (χ2n) is 6.70. The standard InChI is InChI=1S/C16H29NO3/c1-4-5-6-7-8-9-10-13(15(19)20)17-14(18)12-11-16(12,2)3/h12-13H,4-11H2,1-3H3,(H,17,18)(H,19,20). The zero-order chi connectivity index (χ0) is 15.2. The number of unbranched alkanes of at least 4 members (excludes halogenated alkanes) is 5. The van der Waals surface area contributed by atoms with Crippen molar-refractivity contribution in [1.29, 1.82) is 0 Å². The van der Waals surface area contributed by atoms with Crippen LogP contribution in [0.5, 0.6) is 0 Å². The fourth-order valence-corrected chi connectivity index (χ4v) is 2.57. The van der Waals surface area contributed by atoms with Crippen molar-refractivity contribution in [3.05, 3.63) is 0 Å². The molecule has 1 saturated carbocycles. The van der Waals surface area contributed by atoms with Gasteiger partial charge in [0.05, 0.1) is 0 Å². The molecule has 0 bridgehead atoms. The number of aliphatic carboxylic acids is 1. The van der Waals surface area contributed by atoms with E-state index in [-0.39, 0.29) is 17.2 Å². The Morgan fingerprint density at radius 1 is 1.20 bits per heavy atom. The number of carboxylic acids is 1. The topological polar surface area (TPSA) is 66.4 Å². The first-order valence-electron chi connectivity index (χ1n) is 7.91. The van der Waals surface area contributed by atoms with Gasteiger partial charge >= 0.3 is 5.97 Å². The fourth-order valence-electron chi connectivity index (χ4n) is 2.57. The summed E-state index contributed by atoms with van der Waals surface area (Å²) in [6, 6.07) is -0.718. The van der Waals surface area contributed by atoms with Crippen molar-refractivity contribution < 1.29 is 14.7 Å². The molecule has 0 heterocycles. The largest absolute Gasteiger partial charge is 0.480 e. The first-order valence-corrected chi connectivity index (χ1v) is 7.91. The van der Waals surface area contributed by atoms with E-state index in [0.717, 1.165) is 25.7 Å². The molecular formula is C16H29NO3. The fraction of sp³-hybridized carbons (Fsp3) is 0.875. The molecule has 20 heavy (non-hydrogen) atoms. The number of nitrogens with one attached hydrogen (secondary N) is 1. The zero-order valence-electron chi connectivity index (χ0n) is 13.1. The molecule has 2 atom stereocenters. The monoisotopic (exact) mass is 283 g/mol. The highest BCUT2D eigenvalue weighted by molar-refractivity contribution is 5.87. The van der Waals surface area contributed by atoms with E-state index in [1.165, 1.54) is 19.3 Å². The second-order valence-corrected chi connectivity index (χ2v) is 6.70. The molecular weight excluding hydrogens is 254 g/mol. The Morgan fingerprint density at radius 3 is 2.25 bits per heavy atom.